The summed E-state index contributed by atoms with van der Waals surface area (Å²) < 4.78 is 18.5. The Morgan fingerprint density at radius 3 is 2.38 bits per heavy atom. The van der Waals surface area contributed by atoms with Crippen molar-refractivity contribution in [3.63, 3.8) is 0 Å². The van der Waals surface area contributed by atoms with Crippen molar-refractivity contribution in [2.75, 3.05) is 27.4 Å². The van der Waals surface area contributed by atoms with Gasteiger partial charge in [0.1, 0.15) is 0 Å². The largest absolute Gasteiger partial charge is 0.493 e. The predicted octanol–water partition coefficient (Wildman–Crippen LogP) is 3.91. The van der Waals surface area contributed by atoms with Gasteiger partial charge in [-0.25, -0.2) is 0 Å². The van der Waals surface area contributed by atoms with Gasteiger partial charge in [0.05, 0.1) is 32.2 Å². The molecule has 1 amide bonds. The Labute approximate surface area is 173 Å². The normalized spacial score (nSPS) is 17.0. The van der Waals surface area contributed by atoms with E-state index in [0.717, 1.165) is 18.4 Å². The minimum atomic E-state index is -0.231. The van der Waals surface area contributed by atoms with Crippen LogP contribution in [0.4, 0.5) is 0 Å². The maximum absolute atomic E-state index is 13.2. The molecule has 2 aromatic rings. The van der Waals surface area contributed by atoms with E-state index in [-0.39, 0.29) is 23.4 Å². The molecule has 3 rings (SSSR count). The van der Waals surface area contributed by atoms with Crippen LogP contribution in [0.1, 0.15) is 44.7 Å². The smallest absolute Gasteiger partial charge is 0.222 e. The summed E-state index contributed by atoms with van der Waals surface area (Å²) in [6.07, 6.45) is 6.19. The monoisotopic (exact) mass is 400 g/mol. The Balaban J connectivity index is 1.79. The second kappa shape index (κ2) is 9.35. The first kappa shape index (κ1) is 21.2. The van der Waals surface area contributed by atoms with Gasteiger partial charge in [-0.05, 0) is 48.6 Å². The fraction of sp³-hybridized carbons (Fsp3) is 0.522. The number of ether oxygens (including phenoxy) is 3. The quantitative estimate of drug-likeness (QED) is 0.730. The zero-order valence-electron chi connectivity index (χ0n) is 17.8. The lowest BCUT2D eigenvalue weighted by atomic mass is 9.85. The van der Waals surface area contributed by atoms with Crippen LogP contribution >= 0.6 is 0 Å². The van der Waals surface area contributed by atoms with Crippen LogP contribution in [0.15, 0.2) is 42.7 Å². The highest BCUT2D eigenvalue weighted by Gasteiger charge is 2.36. The lowest BCUT2D eigenvalue weighted by molar-refractivity contribution is -0.125. The molecule has 1 aromatic heterocycles. The second-order valence-corrected chi connectivity index (χ2v) is 8.01. The summed E-state index contributed by atoms with van der Waals surface area (Å²) in [7, 11) is 3.24. The molecule has 1 atom stereocenters. The SMILES string of the molecule is COc1ccc([C@H](NC(=O)CC2(n3cccc3)CCOCC2)C(C)C)cc1OC. The topological polar surface area (TPSA) is 61.7 Å². The highest BCUT2D eigenvalue weighted by atomic mass is 16.5. The number of benzene rings is 1. The minimum absolute atomic E-state index is 0.0501. The number of methoxy groups -OCH3 is 2. The minimum Gasteiger partial charge on any atom is -0.493 e. The summed E-state index contributed by atoms with van der Waals surface area (Å²) in [4.78, 5) is 13.2. The van der Waals surface area contributed by atoms with Crippen LogP contribution in [0.25, 0.3) is 0 Å². The van der Waals surface area contributed by atoms with Gasteiger partial charge in [-0.3, -0.25) is 4.79 Å². The van der Waals surface area contributed by atoms with E-state index in [2.05, 4.69) is 23.7 Å². The molecule has 158 valence electrons. The van der Waals surface area contributed by atoms with E-state index in [9.17, 15) is 4.79 Å². The van der Waals surface area contributed by atoms with Crippen LogP contribution in [0.3, 0.4) is 0 Å². The summed E-state index contributed by atoms with van der Waals surface area (Å²) in [5, 5.41) is 3.27. The van der Waals surface area contributed by atoms with Crippen molar-refractivity contribution < 1.29 is 19.0 Å². The zero-order valence-corrected chi connectivity index (χ0v) is 17.8. The number of carbonyl (C=O) groups excluding carboxylic acids is 1. The van der Waals surface area contributed by atoms with Crippen LogP contribution in [-0.4, -0.2) is 37.9 Å². The molecule has 1 aliphatic heterocycles. The third kappa shape index (κ3) is 4.75. The maximum Gasteiger partial charge on any atom is 0.222 e. The molecule has 0 spiro atoms. The molecular weight excluding hydrogens is 368 g/mol. The molecule has 0 radical (unpaired) electrons. The van der Waals surface area contributed by atoms with Crippen molar-refractivity contribution in [3.05, 3.63) is 48.3 Å². The first-order chi connectivity index (χ1) is 14.0. The van der Waals surface area contributed by atoms with Gasteiger partial charge in [0, 0.05) is 25.6 Å². The Kier molecular flexibility index (Phi) is 6.85. The molecule has 1 aromatic carbocycles. The van der Waals surface area contributed by atoms with Crippen LogP contribution in [0.2, 0.25) is 0 Å². The van der Waals surface area contributed by atoms with E-state index in [4.69, 9.17) is 14.2 Å². The lowest BCUT2D eigenvalue weighted by Crippen LogP contribution is -2.44. The van der Waals surface area contributed by atoms with Crippen molar-refractivity contribution in [2.45, 2.75) is 44.7 Å². The first-order valence-corrected chi connectivity index (χ1v) is 10.2. The standard InChI is InChI=1S/C23H32N2O4/c1-17(2)22(18-7-8-19(27-3)20(15-18)28-4)24-21(26)16-23(9-13-29-14-10-23)25-11-5-6-12-25/h5-8,11-12,15,17,22H,9-10,13-14,16H2,1-4H3,(H,24,26)/t22-/m1/s1. The van der Waals surface area contributed by atoms with Gasteiger partial charge in [0.15, 0.2) is 11.5 Å². The average Bonchev–Trinajstić information content (AvgIpc) is 3.27. The second-order valence-electron chi connectivity index (χ2n) is 8.01. The fourth-order valence-corrected chi connectivity index (χ4v) is 4.13. The number of nitrogens with zero attached hydrogens (tertiary/aromatic N) is 1. The third-order valence-electron chi connectivity index (χ3n) is 5.82. The van der Waals surface area contributed by atoms with Crippen LogP contribution in [0.5, 0.6) is 11.5 Å². The van der Waals surface area contributed by atoms with Crippen molar-refractivity contribution in [2.24, 2.45) is 5.92 Å². The highest BCUT2D eigenvalue weighted by Crippen LogP contribution is 2.35. The summed E-state index contributed by atoms with van der Waals surface area (Å²) in [6.45, 7) is 5.57. The molecular formula is C23H32N2O4. The molecule has 2 heterocycles. The van der Waals surface area contributed by atoms with Crippen molar-refractivity contribution in [1.29, 1.82) is 0 Å². The summed E-state index contributed by atoms with van der Waals surface area (Å²) in [5.41, 5.74) is 0.776. The zero-order chi connectivity index (χ0) is 20.9. The fourth-order valence-electron chi connectivity index (χ4n) is 4.13. The van der Waals surface area contributed by atoms with Crippen molar-refractivity contribution in [1.82, 2.24) is 9.88 Å². The molecule has 0 aliphatic carbocycles. The number of rotatable bonds is 8. The van der Waals surface area contributed by atoms with Crippen LogP contribution < -0.4 is 14.8 Å². The average molecular weight is 401 g/mol. The number of nitrogens with one attached hydrogen (secondary N) is 1. The molecule has 29 heavy (non-hydrogen) atoms. The molecule has 1 saturated heterocycles. The van der Waals surface area contributed by atoms with Gasteiger partial charge in [0.2, 0.25) is 5.91 Å². The highest BCUT2D eigenvalue weighted by molar-refractivity contribution is 5.77. The summed E-state index contributed by atoms with van der Waals surface area (Å²) >= 11 is 0. The predicted molar refractivity (Wildman–Crippen MR) is 112 cm³/mol. The van der Waals surface area contributed by atoms with E-state index in [1.54, 1.807) is 14.2 Å². The number of amides is 1. The van der Waals surface area contributed by atoms with E-state index in [1.807, 2.05) is 42.7 Å². The van der Waals surface area contributed by atoms with Gasteiger partial charge in [0.25, 0.3) is 0 Å². The van der Waals surface area contributed by atoms with Gasteiger partial charge in [-0.2, -0.15) is 0 Å². The number of aromatic nitrogens is 1. The van der Waals surface area contributed by atoms with Gasteiger partial charge >= 0.3 is 0 Å². The Morgan fingerprint density at radius 2 is 1.79 bits per heavy atom. The molecule has 1 aliphatic rings. The number of hydrogen-bond donors (Lipinski definition) is 1. The van der Waals surface area contributed by atoms with Crippen molar-refractivity contribution >= 4 is 5.91 Å². The van der Waals surface area contributed by atoms with Crippen molar-refractivity contribution in [3.8, 4) is 11.5 Å². The first-order valence-electron chi connectivity index (χ1n) is 10.2. The van der Waals surface area contributed by atoms with Gasteiger partial charge < -0.3 is 24.1 Å². The molecule has 1 N–H and O–H groups in total. The maximum atomic E-state index is 13.2. The Bertz CT molecular complexity index is 795. The van der Waals surface area contributed by atoms with E-state index < -0.39 is 0 Å². The number of hydrogen-bond acceptors (Lipinski definition) is 4. The Hall–Kier alpha value is -2.47. The third-order valence-corrected chi connectivity index (χ3v) is 5.82. The summed E-state index contributed by atoms with van der Waals surface area (Å²) in [5.74, 6) is 1.63. The molecule has 0 bridgehead atoms. The van der Waals surface area contributed by atoms with E-state index in [1.165, 1.54) is 0 Å². The van der Waals surface area contributed by atoms with Crippen LogP contribution in [-0.2, 0) is 15.1 Å². The Morgan fingerprint density at radius 1 is 1.14 bits per heavy atom. The van der Waals surface area contributed by atoms with Gasteiger partial charge in [-0.1, -0.05) is 19.9 Å². The molecule has 0 saturated carbocycles. The molecule has 6 nitrogen and oxygen atoms in total. The number of carbonyl (C=O) groups is 1. The molecule has 6 heteroatoms. The van der Waals surface area contributed by atoms with E-state index in [0.29, 0.717) is 31.1 Å². The summed E-state index contributed by atoms with van der Waals surface area (Å²) in [6, 6.07) is 9.73. The lowest BCUT2D eigenvalue weighted by Gasteiger charge is -2.39. The van der Waals surface area contributed by atoms with Gasteiger partial charge in [-0.15, -0.1) is 0 Å². The molecule has 0 unspecified atom stereocenters. The van der Waals surface area contributed by atoms with Crippen LogP contribution in [0, 0.1) is 5.92 Å². The van der Waals surface area contributed by atoms with E-state index >= 15 is 0 Å². The molecule has 1 fully saturated rings.